The molecule has 290 valence electrons. The lowest BCUT2D eigenvalue weighted by Gasteiger charge is -2.50. The molecule has 5 rings (SSSR count). The van der Waals surface area contributed by atoms with E-state index >= 15 is 4.39 Å². The van der Waals surface area contributed by atoms with Gasteiger partial charge in [0.25, 0.3) is 0 Å². The summed E-state index contributed by atoms with van der Waals surface area (Å²) in [5, 5.41) is 8.89. The van der Waals surface area contributed by atoms with Gasteiger partial charge in [0.15, 0.2) is 9.84 Å². The number of nitrogens with one attached hydrogen (secondary N) is 5. The van der Waals surface area contributed by atoms with E-state index in [1.54, 1.807) is 18.9 Å². The maximum absolute atomic E-state index is 16.0. The van der Waals surface area contributed by atoms with Crippen molar-refractivity contribution in [3.05, 3.63) is 0 Å². The minimum absolute atomic E-state index is 0.0201. The Morgan fingerprint density at radius 1 is 0.940 bits per heavy atom. The molecule has 50 heavy (non-hydrogen) atoms. The maximum atomic E-state index is 16.0. The molecule has 0 spiro atoms. The van der Waals surface area contributed by atoms with Gasteiger partial charge >= 0.3 is 0 Å². The molecular weight excluding hydrogens is 706 g/mol. The summed E-state index contributed by atoms with van der Waals surface area (Å²) in [5.74, 6) is -2.02. The number of hydrogen-bond acceptors (Lipinski definition) is 11. The van der Waals surface area contributed by atoms with Crippen LogP contribution >= 0.6 is 11.8 Å². The van der Waals surface area contributed by atoms with Crippen molar-refractivity contribution in [2.75, 3.05) is 27.2 Å². The molecule has 0 radical (unpaired) electrons. The van der Waals surface area contributed by atoms with E-state index in [4.69, 9.17) is 4.74 Å². The molecule has 3 aliphatic heterocycles. The summed E-state index contributed by atoms with van der Waals surface area (Å²) in [6.07, 6.45) is -10.9. The number of halogens is 5. The average Bonchev–Trinajstić information content (AvgIpc) is 3.48. The first-order chi connectivity index (χ1) is 23.5. The summed E-state index contributed by atoms with van der Waals surface area (Å²) in [4.78, 5) is 16.1. The number of hydrogen-bond donors (Lipinski definition) is 5. The topological polar surface area (TPSA) is 127 Å². The fourth-order valence-corrected chi connectivity index (χ4v) is 12.3. The zero-order valence-electron chi connectivity index (χ0n) is 29.8. The minimum Gasteiger partial charge on any atom is -0.375 e. The van der Waals surface area contributed by atoms with Crippen molar-refractivity contribution >= 4 is 27.5 Å². The Bertz CT molecular complexity index is 1260. The van der Waals surface area contributed by atoms with Crippen LogP contribution in [0.15, 0.2) is 0 Å². The lowest BCUT2D eigenvalue weighted by atomic mass is 9.76. The molecule has 3 saturated heterocycles. The molecule has 1 amide bonds. The third-order valence-electron chi connectivity index (χ3n) is 11.8. The number of amides is 1. The largest absolute Gasteiger partial charge is 0.375 e. The van der Waals surface area contributed by atoms with Crippen LogP contribution in [0, 0.1) is 5.92 Å². The molecule has 0 aromatic heterocycles. The second kappa shape index (κ2) is 16.2. The first-order valence-electron chi connectivity index (χ1n) is 17.8. The van der Waals surface area contributed by atoms with E-state index in [1.807, 2.05) is 7.05 Å². The van der Waals surface area contributed by atoms with Gasteiger partial charge in [0.1, 0.15) is 42.5 Å². The van der Waals surface area contributed by atoms with Gasteiger partial charge in [-0.05, 0) is 59.3 Å². The molecule has 0 aromatic rings. The Kier molecular flexibility index (Phi) is 13.1. The standard InChI is InChI=1S/C32H56F5N7O4S2/c1-16-13-24(42-41-16)38-29-28(48-6)30(44-11-9-18(10-12-44)43(5)17(2)45)40-31(39-29)49-23-8-7-19(14-20(23)33)50(46,47)32(3,4)25-26(36)21(34)15-22(35)27(25)37/h16,18-31,38-42H,7-15H2,1-6H3. The van der Waals surface area contributed by atoms with Crippen LogP contribution in [0.1, 0.15) is 72.6 Å². The highest BCUT2D eigenvalue weighted by atomic mass is 32.2. The van der Waals surface area contributed by atoms with Crippen LogP contribution in [0.2, 0.25) is 0 Å². The number of rotatable bonds is 10. The number of likely N-dealkylation sites (tertiary alicyclic amines) is 1. The Hall–Kier alpha value is -0.860. The Morgan fingerprint density at radius 2 is 1.58 bits per heavy atom. The molecule has 3 heterocycles. The van der Waals surface area contributed by atoms with Gasteiger partial charge in [-0.3, -0.25) is 31.1 Å². The number of alkyl halides is 5. The summed E-state index contributed by atoms with van der Waals surface area (Å²) in [6, 6.07) is 0.379. The van der Waals surface area contributed by atoms with Crippen LogP contribution in [0.5, 0.6) is 0 Å². The molecule has 11 nitrogen and oxygen atoms in total. The molecule has 0 aromatic carbocycles. The van der Waals surface area contributed by atoms with Gasteiger partial charge < -0.3 is 9.64 Å². The molecule has 2 saturated carbocycles. The predicted molar refractivity (Wildman–Crippen MR) is 183 cm³/mol. The van der Waals surface area contributed by atoms with Gasteiger partial charge in [-0.1, -0.05) is 0 Å². The molecule has 13 atom stereocenters. The smallest absolute Gasteiger partial charge is 0.219 e. The highest BCUT2D eigenvalue weighted by molar-refractivity contribution is 8.00. The summed E-state index contributed by atoms with van der Waals surface area (Å²) in [6.45, 7) is 7.26. The number of methoxy groups -OCH3 is 1. The van der Waals surface area contributed by atoms with E-state index in [9.17, 15) is 30.8 Å². The number of sulfone groups is 1. The van der Waals surface area contributed by atoms with E-state index in [0.717, 1.165) is 33.1 Å². The monoisotopic (exact) mass is 761 g/mol. The fraction of sp³-hybridized carbons (Fsp3) is 0.969. The van der Waals surface area contributed by atoms with Gasteiger partial charge in [-0.15, -0.1) is 11.8 Å². The molecule has 5 N–H and O–H groups in total. The predicted octanol–water partition coefficient (Wildman–Crippen LogP) is 2.43. The molecular formula is C32H56F5N7O4S2. The maximum Gasteiger partial charge on any atom is 0.219 e. The van der Waals surface area contributed by atoms with E-state index in [-0.39, 0.29) is 61.9 Å². The van der Waals surface area contributed by atoms with Gasteiger partial charge in [-0.25, -0.2) is 35.8 Å². The lowest BCUT2D eigenvalue weighted by Crippen LogP contribution is -2.75. The summed E-state index contributed by atoms with van der Waals surface area (Å²) >= 11 is 1.33. The van der Waals surface area contributed by atoms with Crippen molar-refractivity contribution in [2.45, 2.75) is 161 Å². The Morgan fingerprint density at radius 3 is 2.12 bits per heavy atom. The second-order valence-corrected chi connectivity index (χ2v) is 19.5. The molecule has 5 fully saturated rings. The van der Waals surface area contributed by atoms with Crippen LogP contribution in [-0.2, 0) is 19.4 Å². The quantitative estimate of drug-likeness (QED) is 0.211. The summed E-state index contributed by atoms with van der Waals surface area (Å²) < 4.78 is 106. The van der Waals surface area contributed by atoms with E-state index in [0.29, 0.717) is 13.1 Å². The number of hydrazine groups is 1. The van der Waals surface area contributed by atoms with Crippen molar-refractivity contribution in [3.8, 4) is 0 Å². The Balaban J connectivity index is 1.27. The van der Waals surface area contributed by atoms with Gasteiger partial charge in [-0.2, -0.15) is 0 Å². The molecule has 0 bridgehead atoms. The van der Waals surface area contributed by atoms with Crippen molar-refractivity contribution < 1.29 is 39.9 Å². The first kappa shape index (κ1) is 40.3. The van der Waals surface area contributed by atoms with Gasteiger partial charge in [0, 0.05) is 63.8 Å². The van der Waals surface area contributed by atoms with Crippen molar-refractivity contribution in [3.63, 3.8) is 0 Å². The van der Waals surface area contributed by atoms with E-state index < -0.39 is 73.8 Å². The number of piperidine rings is 1. The summed E-state index contributed by atoms with van der Waals surface area (Å²) in [7, 11) is -0.940. The normalized spacial score (nSPS) is 42.8. The third-order valence-corrected chi connectivity index (χ3v) is 16.2. The van der Waals surface area contributed by atoms with Crippen LogP contribution in [0.25, 0.3) is 0 Å². The van der Waals surface area contributed by atoms with Crippen molar-refractivity contribution in [1.82, 2.24) is 36.6 Å². The number of carbonyl (C=O) groups is 1. The lowest BCUT2D eigenvalue weighted by molar-refractivity contribution is -0.131. The first-order valence-corrected chi connectivity index (χ1v) is 20.3. The SMILES string of the molecule is COC1C(NC2CC(C)NN2)NC(SC2CCC(S(=O)(=O)C(C)(C)C3C(F)C(F)CC(F)C3F)CC2F)NC1N1CCC(N(C)C(C)=O)CC1. The highest BCUT2D eigenvalue weighted by Crippen LogP contribution is 2.47. The molecule has 5 aliphatic rings. The third kappa shape index (κ3) is 8.27. The van der Waals surface area contributed by atoms with Crippen LogP contribution < -0.4 is 26.8 Å². The number of nitrogens with zero attached hydrogens (tertiary/aromatic N) is 2. The number of carbonyl (C=O) groups excluding carboxylic acids is 1. The minimum atomic E-state index is -4.40. The van der Waals surface area contributed by atoms with Gasteiger partial charge in [0.05, 0.1) is 28.5 Å². The van der Waals surface area contributed by atoms with E-state index in [1.165, 1.54) is 11.8 Å². The van der Waals surface area contributed by atoms with Crippen molar-refractivity contribution in [1.29, 1.82) is 0 Å². The second-order valence-electron chi connectivity index (χ2n) is 15.3. The zero-order valence-corrected chi connectivity index (χ0v) is 31.4. The van der Waals surface area contributed by atoms with Gasteiger partial charge in [0.2, 0.25) is 5.91 Å². The van der Waals surface area contributed by atoms with Crippen LogP contribution in [-0.4, -0.2) is 140 Å². The molecule has 18 heteroatoms. The summed E-state index contributed by atoms with van der Waals surface area (Å²) in [5.41, 5.74) is 6.01. The zero-order chi connectivity index (χ0) is 36.7. The molecule has 13 unspecified atom stereocenters. The fourth-order valence-electron chi connectivity index (χ4n) is 8.54. The van der Waals surface area contributed by atoms with E-state index in [2.05, 4.69) is 38.6 Å². The number of ether oxygens (including phenoxy) is 1. The molecule has 2 aliphatic carbocycles. The number of thioether (sulfide) groups is 1. The highest BCUT2D eigenvalue weighted by Gasteiger charge is 2.59. The van der Waals surface area contributed by atoms with Crippen molar-refractivity contribution in [2.24, 2.45) is 5.92 Å². The van der Waals surface area contributed by atoms with Crippen LogP contribution in [0.3, 0.4) is 0 Å². The average molecular weight is 762 g/mol. The van der Waals surface area contributed by atoms with Crippen LogP contribution in [0.4, 0.5) is 22.0 Å². The Labute approximate surface area is 297 Å².